The zero-order chi connectivity index (χ0) is 9.14. The minimum atomic E-state index is -0.356. The predicted octanol–water partition coefficient (Wildman–Crippen LogP) is 1.02. The summed E-state index contributed by atoms with van der Waals surface area (Å²) >= 11 is 1.42. The molecule has 2 N–H and O–H groups in total. The van der Waals surface area contributed by atoms with Gasteiger partial charge in [-0.25, -0.2) is 4.79 Å². The lowest BCUT2D eigenvalue weighted by atomic mass is 10.1. The minimum Gasteiger partial charge on any atom is -0.462 e. The van der Waals surface area contributed by atoms with Crippen LogP contribution in [0.15, 0.2) is 22.8 Å². The van der Waals surface area contributed by atoms with Gasteiger partial charge in [0.05, 0.1) is 17.2 Å². The molecule has 0 saturated heterocycles. The van der Waals surface area contributed by atoms with Crippen molar-refractivity contribution in [2.24, 2.45) is 5.73 Å². The van der Waals surface area contributed by atoms with Gasteiger partial charge in [0.15, 0.2) is 0 Å². The Morgan fingerprint density at radius 2 is 2.50 bits per heavy atom. The van der Waals surface area contributed by atoms with Gasteiger partial charge in [0, 0.05) is 5.75 Å². The lowest BCUT2D eigenvalue weighted by Crippen LogP contribution is -2.10. The third kappa shape index (κ3) is 1.64. The van der Waals surface area contributed by atoms with Crippen LogP contribution in [0.1, 0.15) is 6.92 Å². The predicted molar refractivity (Wildman–Crippen MR) is 49.4 cm³/mol. The molecule has 66 valence electrons. The van der Waals surface area contributed by atoms with Crippen LogP contribution in [0.25, 0.3) is 0 Å². The van der Waals surface area contributed by atoms with E-state index in [0.29, 0.717) is 23.0 Å². The molecule has 1 rings (SSSR count). The monoisotopic (exact) mass is 185 g/mol. The van der Waals surface area contributed by atoms with E-state index in [-0.39, 0.29) is 5.97 Å². The molecule has 0 aromatic heterocycles. The van der Waals surface area contributed by atoms with Crippen LogP contribution in [0.2, 0.25) is 0 Å². The number of thioether (sulfide) groups is 1. The van der Waals surface area contributed by atoms with Crippen LogP contribution in [-0.2, 0) is 9.53 Å². The molecule has 3 nitrogen and oxygen atoms in total. The summed E-state index contributed by atoms with van der Waals surface area (Å²) in [6.07, 6.45) is 0. The van der Waals surface area contributed by atoms with E-state index in [1.807, 2.05) is 0 Å². The van der Waals surface area contributed by atoms with E-state index < -0.39 is 0 Å². The molecular formula is C8H11NO2S. The smallest absolute Gasteiger partial charge is 0.341 e. The highest BCUT2D eigenvalue weighted by Gasteiger charge is 2.23. The van der Waals surface area contributed by atoms with Crippen molar-refractivity contribution in [1.82, 2.24) is 0 Å². The first-order valence-electron chi connectivity index (χ1n) is 3.64. The molecule has 0 fully saturated rings. The largest absolute Gasteiger partial charge is 0.462 e. The number of rotatable bonds is 2. The molecule has 1 heterocycles. The molecule has 0 amide bonds. The standard InChI is InChI=1S/C8H11NO2S/c1-3-11-8(10)6-5(2)4-12-7(6)9/h2-4,9H2,1H3. The zero-order valence-corrected chi connectivity index (χ0v) is 7.74. The summed E-state index contributed by atoms with van der Waals surface area (Å²) < 4.78 is 4.82. The van der Waals surface area contributed by atoms with E-state index in [1.54, 1.807) is 6.92 Å². The molecule has 1 aliphatic heterocycles. The summed E-state index contributed by atoms with van der Waals surface area (Å²) in [5, 5.41) is 0.526. The van der Waals surface area contributed by atoms with Crippen LogP contribution in [0.4, 0.5) is 0 Å². The van der Waals surface area contributed by atoms with Crippen molar-refractivity contribution >= 4 is 17.7 Å². The minimum absolute atomic E-state index is 0.356. The highest BCUT2D eigenvalue weighted by Crippen LogP contribution is 2.31. The van der Waals surface area contributed by atoms with Gasteiger partial charge in [-0.1, -0.05) is 6.58 Å². The number of carbonyl (C=O) groups is 1. The Morgan fingerprint density at radius 1 is 1.83 bits per heavy atom. The van der Waals surface area contributed by atoms with Gasteiger partial charge in [-0.3, -0.25) is 0 Å². The van der Waals surface area contributed by atoms with Crippen LogP contribution in [0, 0.1) is 0 Å². The van der Waals surface area contributed by atoms with Crippen LogP contribution in [-0.4, -0.2) is 18.3 Å². The average Bonchev–Trinajstić information content (AvgIpc) is 2.32. The Morgan fingerprint density at radius 3 is 2.92 bits per heavy atom. The quantitative estimate of drug-likeness (QED) is 0.653. The van der Waals surface area contributed by atoms with E-state index in [0.717, 1.165) is 5.57 Å². The average molecular weight is 185 g/mol. The van der Waals surface area contributed by atoms with Crippen LogP contribution in [0.5, 0.6) is 0 Å². The van der Waals surface area contributed by atoms with Crippen LogP contribution < -0.4 is 5.73 Å². The van der Waals surface area contributed by atoms with Crippen molar-refractivity contribution in [2.75, 3.05) is 12.4 Å². The molecule has 0 saturated carbocycles. The van der Waals surface area contributed by atoms with E-state index in [9.17, 15) is 4.79 Å². The molecule has 0 bridgehead atoms. The molecule has 0 aromatic carbocycles. The normalized spacial score (nSPS) is 16.9. The van der Waals surface area contributed by atoms with Gasteiger partial charge < -0.3 is 10.5 Å². The second-order valence-corrected chi connectivity index (χ2v) is 3.37. The fraction of sp³-hybridized carbons (Fsp3) is 0.375. The maximum absolute atomic E-state index is 11.2. The molecule has 4 heteroatoms. The van der Waals surface area contributed by atoms with Gasteiger partial charge in [0.1, 0.15) is 0 Å². The number of nitrogens with two attached hydrogens (primary N) is 1. The molecule has 0 aliphatic carbocycles. The molecule has 0 unspecified atom stereocenters. The summed E-state index contributed by atoms with van der Waals surface area (Å²) in [5.41, 5.74) is 6.80. The van der Waals surface area contributed by atoms with Crippen molar-refractivity contribution in [3.05, 3.63) is 22.8 Å². The second-order valence-electron chi connectivity index (χ2n) is 2.35. The lowest BCUT2D eigenvalue weighted by Gasteiger charge is -2.02. The first kappa shape index (κ1) is 9.19. The summed E-state index contributed by atoms with van der Waals surface area (Å²) in [7, 11) is 0. The summed E-state index contributed by atoms with van der Waals surface area (Å²) in [6.45, 7) is 5.86. The molecular weight excluding hydrogens is 174 g/mol. The van der Waals surface area contributed by atoms with Crippen LogP contribution >= 0.6 is 11.8 Å². The third-order valence-electron chi connectivity index (χ3n) is 1.48. The molecule has 0 radical (unpaired) electrons. The zero-order valence-electron chi connectivity index (χ0n) is 6.92. The summed E-state index contributed by atoms with van der Waals surface area (Å²) in [6, 6.07) is 0. The van der Waals surface area contributed by atoms with Gasteiger partial charge in [0.25, 0.3) is 0 Å². The molecule has 0 spiro atoms. The highest BCUT2D eigenvalue weighted by molar-refractivity contribution is 8.03. The first-order chi connectivity index (χ1) is 5.66. The van der Waals surface area contributed by atoms with Crippen LogP contribution in [0.3, 0.4) is 0 Å². The molecule has 0 atom stereocenters. The number of hydrogen-bond donors (Lipinski definition) is 1. The van der Waals surface area contributed by atoms with Crippen molar-refractivity contribution in [1.29, 1.82) is 0 Å². The van der Waals surface area contributed by atoms with Gasteiger partial charge in [-0.05, 0) is 12.5 Å². The Bertz CT molecular complexity index is 258. The van der Waals surface area contributed by atoms with Gasteiger partial charge in [-0.2, -0.15) is 0 Å². The Hall–Kier alpha value is -0.900. The topological polar surface area (TPSA) is 52.3 Å². The number of ether oxygens (including phenoxy) is 1. The fourth-order valence-electron chi connectivity index (χ4n) is 0.932. The first-order valence-corrected chi connectivity index (χ1v) is 4.63. The molecule has 12 heavy (non-hydrogen) atoms. The Labute approximate surface area is 75.6 Å². The van der Waals surface area contributed by atoms with Gasteiger partial charge in [-0.15, -0.1) is 11.8 Å². The lowest BCUT2D eigenvalue weighted by molar-refractivity contribution is -0.138. The van der Waals surface area contributed by atoms with E-state index >= 15 is 0 Å². The van der Waals surface area contributed by atoms with Gasteiger partial charge >= 0.3 is 5.97 Å². The summed E-state index contributed by atoms with van der Waals surface area (Å²) in [5.74, 6) is 0.338. The van der Waals surface area contributed by atoms with E-state index in [4.69, 9.17) is 10.5 Å². The maximum Gasteiger partial charge on any atom is 0.341 e. The SMILES string of the molecule is C=C1CSC(N)=C1C(=O)OCC. The number of carbonyl (C=O) groups excluding carboxylic acids is 1. The Balaban J connectivity index is 2.79. The second kappa shape index (κ2) is 3.67. The summed E-state index contributed by atoms with van der Waals surface area (Å²) in [4.78, 5) is 11.2. The molecule has 1 aliphatic rings. The highest BCUT2D eigenvalue weighted by atomic mass is 32.2. The Kier molecular flexibility index (Phi) is 2.81. The van der Waals surface area contributed by atoms with Crippen molar-refractivity contribution in [2.45, 2.75) is 6.92 Å². The number of hydrogen-bond acceptors (Lipinski definition) is 4. The van der Waals surface area contributed by atoms with Crippen molar-refractivity contribution in [3.63, 3.8) is 0 Å². The number of esters is 1. The fourth-order valence-corrected chi connectivity index (χ4v) is 1.78. The third-order valence-corrected chi connectivity index (χ3v) is 2.49. The van der Waals surface area contributed by atoms with Crippen molar-refractivity contribution < 1.29 is 9.53 Å². The molecule has 0 aromatic rings. The van der Waals surface area contributed by atoms with E-state index in [1.165, 1.54) is 11.8 Å². The van der Waals surface area contributed by atoms with Crippen molar-refractivity contribution in [3.8, 4) is 0 Å². The van der Waals surface area contributed by atoms with Gasteiger partial charge in [0.2, 0.25) is 0 Å². The maximum atomic E-state index is 11.2. The van der Waals surface area contributed by atoms with E-state index in [2.05, 4.69) is 6.58 Å².